The first-order valence-electron chi connectivity index (χ1n) is 7.12. The monoisotopic (exact) mass is 285 g/mol. The van der Waals surface area contributed by atoms with Gasteiger partial charge in [0.25, 0.3) is 0 Å². The smallest absolute Gasteiger partial charge is 0.131 e. The molecule has 1 aliphatic rings. The summed E-state index contributed by atoms with van der Waals surface area (Å²) in [6.07, 6.45) is 3.59. The summed E-state index contributed by atoms with van der Waals surface area (Å²) in [5.74, 6) is 0. The highest BCUT2D eigenvalue weighted by molar-refractivity contribution is 8.00. The molecule has 0 spiro atoms. The van der Waals surface area contributed by atoms with Gasteiger partial charge in [-0.3, -0.25) is 5.21 Å². The third-order valence-corrected chi connectivity index (χ3v) is 4.95. The van der Waals surface area contributed by atoms with Crippen LogP contribution in [0.2, 0.25) is 0 Å². The van der Waals surface area contributed by atoms with Crippen LogP contribution in [0.15, 0.2) is 53.4 Å². The van der Waals surface area contributed by atoms with E-state index in [1.54, 1.807) is 11.8 Å². The minimum atomic E-state index is -0.0346. The van der Waals surface area contributed by atoms with Gasteiger partial charge < -0.3 is 0 Å². The number of rotatable bonds is 4. The molecular weight excluding hydrogens is 266 g/mol. The van der Waals surface area contributed by atoms with Crippen LogP contribution in [0.5, 0.6) is 0 Å². The second kappa shape index (κ2) is 5.90. The number of hydrogen-bond acceptors (Lipinski definition) is 3. The van der Waals surface area contributed by atoms with Crippen LogP contribution in [0, 0.1) is 0 Å². The van der Waals surface area contributed by atoms with Crippen LogP contribution >= 0.6 is 11.8 Å². The van der Waals surface area contributed by atoms with Crippen LogP contribution in [-0.2, 0) is 6.42 Å². The standard InChI is InChI=1S/C17H19NOS/c1-2-3-6-13-9-11-14(12-10-13)17-18(19)15-7-4-5-8-16(15)20-17/h4-5,7-12,17,19H,2-3,6H2,1H3. The van der Waals surface area contributed by atoms with Crippen molar-refractivity contribution in [3.8, 4) is 0 Å². The fraction of sp³-hybridized carbons (Fsp3) is 0.294. The van der Waals surface area contributed by atoms with Crippen LogP contribution in [0.3, 0.4) is 0 Å². The summed E-state index contributed by atoms with van der Waals surface area (Å²) in [4.78, 5) is 1.13. The SMILES string of the molecule is CCCCc1ccc(C2Sc3ccccc3N2O)cc1. The van der Waals surface area contributed by atoms with Crippen LogP contribution in [-0.4, -0.2) is 5.21 Å². The molecule has 20 heavy (non-hydrogen) atoms. The van der Waals surface area contributed by atoms with Gasteiger partial charge in [-0.15, -0.1) is 0 Å². The number of benzene rings is 2. The molecule has 104 valence electrons. The number of unbranched alkanes of at least 4 members (excludes halogenated alkanes) is 1. The zero-order chi connectivity index (χ0) is 13.9. The Morgan fingerprint density at radius 1 is 1.10 bits per heavy atom. The van der Waals surface area contributed by atoms with Gasteiger partial charge in [-0.2, -0.15) is 0 Å². The van der Waals surface area contributed by atoms with E-state index in [0.717, 1.165) is 22.6 Å². The van der Waals surface area contributed by atoms with Crippen LogP contribution in [0.25, 0.3) is 0 Å². The fourth-order valence-electron chi connectivity index (χ4n) is 2.48. The lowest BCUT2D eigenvalue weighted by Gasteiger charge is -2.19. The average molecular weight is 285 g/mol. The molecule has 2 aromatic carbocycles. The quantitative estimate of drug-likeness (QED) is 0.852. The highest BCUT2D eigenvalue weighted by atomic mass is 32.2. The molecule has 0 bridgehead atoms. The van der Waals surface area contributed by atoms with E-state index >= 15 is 0 Å². The summed E-state index contributed by atoms with van der Waals surface area (Å²) >= 11 is 1.70. The number of hydroxylamine groups is 1. The molecule has 0 fully saturated rings. The van der Waals surface area contributed by atoms with Crippen molar-refractivity contribution in [3.05, 3.63) is 59.7 Å². The van der Waals surface area contributed by atoms with E-state index in [4.69, 9.17) is 0 Å². The van der Waals surface area contributed by atoms with E-state index in [-0.39, 0.29) is 5.37 Å². The predicted molar refractivity (Wildman–Crippen MR) is 84.4 cm³/mol. The van der Waals surface area contributed by atoms with Crippen molar-refractivity contribution in [1.29, 1.82) is 0 Å². The molecule has 3 heteroatoms. The molecular formula is C17H19NOS. The number of fused-ring (bicyclic) bond motifs is 1. The van der Waals surface area contributed by atoms with E-state index < -0.39 is 0 Å². The predicted octanol–water partition coefficient (Wildman–Crippen LogP) is 5.03. The lowest BCUT2D eigenvalue weighted by Crippen LogP contribution is -2.17. The molecule has 1 heterocycles. The summed E-state index contributed by atoms with van der Waals surface area (Å²) in [7, 11) is 0. The third-order valence-electron chi connectivity index (χ3n) is 3.66. The summed E-state index contributed by atoms with van der Waals surface area (Å²) in [6, 6.07) is 16.6. The number of thioether (sulfide) groups is 1. The molecule has 1 unspecified atom stereocenters. The number of para-hydroxylation sites is 1. The molecule has 1 aliphatic heterocycles. The van der Waals surface area contributed by atoms with Gasteiger partial charge in [0.15, 0.2) is 0 Å². The molecule has 0 radical (unpaired) electrons. The molecule has 2 nitrogen and oxygen atoms in total. The number of anilines is 1. The Balaban J connectivity index is 1.78. The largest absolute Gasteiger partial charge is 0.287 e. The van der Waals surface area contributed by atoms with Gasteiger partial charge in [0.05, 0.1) is 5.69 Å². The lowest BCUT2D eigenvalue weighted by molar-refractivity contribution is 0.248. The maximum Gasteiger partial charge on any atom is 0.131 e. The number of aryl methyl sites for hydroxylation is 1. The van der Waals surface area contributed by atoms with Gasteiger partial charge in [-0.1, -0.05) is 61.5 Å². The Kier molecular flexibility index (Phi) is 3.99. The number of hydrogen-bond donors (Lipinski definition) is 1. The highest BCUT2D eigenvalue weighted by Gasteiger charge is 2.29. The summed E-state index contributed by atoms with van der Waals surface area (Å²) in [5, 5.41) is 11.7. The van der Waals surface area contributed by atoms with E-state index in [9.17, 15) is 5.21 Å². The fourth-order valence-corrected chi connectivity index (χ4v) is 3.67. The van der Waals surface area contributed by atoms with Gasteiger partial charge in [0, 0.05) is 4.90 Å². The van der Waals surface area contributed by atoms with Crippen molar-refractivity contribution >= 4 is 17.4 Å². The van der Waals surface area contributed by atoms with Crippen LogP contribution < -0.4 is 5.06 Å². The maximum absolute atomic E-state index is 10.3. The molecule has 0 saturated carbocycles. The highest BCUT2D eigenvalue weighted by Crippen LogP contribution is 2.49. The first-order valence-corrected chi connectivity index (χ1v) is 8.00. The van der Waals surface area contributed by atoms with Gasteiger partial charge >= 0.3 is 0 Å². The van der Waals surface area contributed by atoms with Crippen LogP contribution in [0.4, 0.5) is 5.69 Å². The van der Waals surface area contributed by atoms with Crippen molar-refractivity contribution < 1.29 is 5.21 Å². The average Bonchev–Trinajstić information content (AvgIpc) is 2.83. The molecule has 0 saturated heterocycles. The Bertz CT molecular complexity index is 582. The van der Waals surface area contributed by atoms with Crippen molar-refractivity contribution in [2.75, 3.05) is 5.06 Å². The maximum atomic E-state index is 10.3. The third kappa shape index (κ3) is 2.56. The normalized spacial score (nSPS) is 17.3. The zero-order valence-corrected chi connectivity index (χ0v) is 12.4. The van der Waals surface area contributed by atoms with E-state index in [1.165, 1.54) is 23.5 Å². The Hall–Kier alpha value is -1.45. The van der Waals surface area contributed by atoms with Gasteiger partial charge in [-0.25, -0.2) is 5.06 Å². The van der Waals surface area contributed by atoms with Gasteiger partial charge in [-0.05, 0) is 36.1 Å². The van der Waals surface area contributed by atoms with Crippen LogP contribution in [0.1, 0.15) is 36.3 Å². The topological polar surface area (TPSA) is 23.5 Å². The minimum Gasteiger partial charge on any atom is -0.287 e. The van der Waals surface area contributed by atoms with Crippen molar-refractivity contribution in [3.63, 3.8) is 0 Å². The molecule has 2 aromatic rings. The molecule has 1 N–H and O–H groups in total. The van der Waals surface area contributed by atoms with Crippen molar-refractivity contribution in [2.45, 2.75) is 36.5 Å². The second-order valence-corrected chi connectivity index (χ2v) is 6.25. The minimum absolute atomic E-state index is 0.0346. The molecule has 0 amide bonds. The second-order valence-electron chi connectivity index (χ2n) is 5.13. The molecule has 3 rings (SSSR count). The number of nitrogens with zero attached hydrogens (tertiary/aromatic N) is 1. The molecule has 0 aromatic heterocycles. The van der Waals surface area contributed by atoms with E-state index in [2.05, 4.69) is 37.3 Å². The van der Waals surface area contributed by atoms with Crippen molar-refractivity contribution in [1.82, 2.24) is 0 Å². The first kappa shape index (κ1) is 13.5. The Morgan fingerprint density at radius 3 is 2.55 bits per heavy atom. The van der Waals surface area contributed by atoms with E-state index in [0.29, 0.717) is 0 Å². The summed E-state index contributed by atoms with van der Waals surface area (Å²) in [6.45, 7) is 2.21. The summed E-state index contributed by atoms with van der Waals surface area (Å²) < 4.78 is 0. The van der Waals surface area contributed by atoms with Crippen molar-refractivity contribution in [2.24, 2.45) is 0 Å². The lowest BCUT2D eigenvalue weighted by atomic mass is 10.1. The van der Waals surface area contributed by atoms with Gasteiger partial charge in [0.2, 0.25) is 0 Å². The summed E-state index contributed by atoms with van der Waals surface area (Å²) in [5.41, 5.74) is 3.42. The Labute approximate surface area is 124 Å². The molecule has 0 aliphatic carbocycles. The van der Waals surface area contributed by atoms with E-state index in [1.807, 2.05) is 18.2 Å². The molecule has 1 atom stereocenters. The Morgan fingerprint density at radius 2 is 1.85 bits per heavy atom. The zero-order valence-electron chi connectivity index (χ0n) is 11.6. The van der Waals surface area contributed by atoms with Gasteiger partial charge in [0.1, 0.15) is 5.37 Å². The first-order chi connectivity index (χ1) is 9.79.